The van der Waals surface area contributed by atoms with Crippen LogP contribution in [0.2, 0.25) is 0 Å². The minimum atomic E-state index is 0.865. The maximum absolute atomic E-state index is 4.71. The Hall–Kier alpha value is -3.20. The fourth-order valence-electron chi connectivity index (χ4n) is 3.44. The Morgan fingerprint density at radius 3 is 2.04 bits per heavy atom. The molecule has 0 fully saturated rings. The molecule has 0 N–H and O–H groups in total. The van der Waals surface area contributed by atoms with Gasteiger partial charge in [-0.1, -0.05) is 65.7 Å². The molecule has 27 heavy (non-hydrogen) atoms. The molecule has 0 amide bonds. The molecule has 3 heteroatoms. The predicted molar refractivity (Wildman–Crippen MR) is 113 cm³/mol. The number of fused-ring (bicyclic) bond motifs is 1. The quantitative estimate of drug-likeness (QED) is 0.343. The van der Waals surface area contributed by atoms with Crippen molar-refractivity contribution in [1.82, 2.24) is 4.57 Å². The van der Waals surface area contributed by atoms with Gasteiger partial charge in [-0.25, -0.2) is 0 Å². The van der Waals surface area contributed by atoms with Gasteiger partial charge in [-0.05, 0) is 39.0 Å². The van der Waals surface area contributed by atoms with Crippen LogP contribution in [0.15, 0.2) is 83.0 Å². The van der Waals surface area contributed by atoms with Crippen molar-refractivity contribution in [3.63, 3.8) is 0 Å². The second kappa shape index (κ2) is 7.20. The molecule has 1 aromatic heterocycles. The molecule has 134 valence electrons. The van der Waals surface area contributed by atoms with Crippen LogP contribution in [0.1, 0.15) is 18.1 Å². The Bertz CT molecular complexity index is 1100. The van der Waals surface area contributed by atoms with E-state index >= 15 is 0 Å². The summed E-state index contributed by atoms with van der Waals surface area (Å²) in [6, 6.07) is 25.2. The van der Waals surface area contributed by atoms with E-state index in [1.54, 1.807) is 0 Å². The van der Waals surface area contributed by atoms with Gasteiger partial charge in [0.05, 0.1) is 16.9 Å². The Kier molecular flexibility index (Phi) is 4.59. The van der Waals surface area contributed by atoms with E-state index in [0.717, 1.165) is 34.6 Å². The molecule has 3 nitrogen and oxygen atoms in total. The van der Waals surface area contributed by atoms with Gasteiger partial charge in [0.1, 0.15) is 5.69 Å². The maximum atomic E-state index is 4.71. The smallest absolute Gasteiger partial charge is 0.119 e. The van der Waals surface area contributed by atoms with Crippen molar-refractivity contribution < 1.29 is 0 Å². The number of aromatic nitrogens is 1. The first kappa shape index (κ1) is 17.2. The van der Waals surface area contributed by atoms with Crippen LogP contribution in [0, 0.1) is 13.8 Å². The number of rotatable bonds is 4. The van der Waals surface area contributed by atoms with Crippen molar-refractivity contribution in [1.29, 1.82) is 0 Å². The van der Waals surface area contributed by atoms with E-state index in [4.69, 9.17) is 5.11 Å². The van der Waals surface area contributed by atoms with Crippen molar-refractivity contribution in [2.45, 2.75) is 27.3 Å². The number of aryl methyl sites for hydroxylation is 3. The number of benzene rings is 3. The molecule has 0 aliphatic heterocycles. The average Bonchev–Trinajstić information content (AvgIpc) is 3.02. The molecular weight excluding hydrogens is 330 g/mol. The van der Waals surface area contributed by atoms with Crippen molar-refractivity contribution in [2.75, 3.05) is 0 Å². The first-order chi connectivity index (χ1) is 13.2. The van der Waals surface area contributed by atoms with Crippen molar-refractivity contribution in [3.05, 3.63) is 83.9 Å². The van der Waals surface area contributed by atoms with E-state index in [0.29, 0.717) is 0 Å². The van der Waals surface area contributed by atoms with Gasteiger partial charge in [0.2, 0.25) is 0 Å². The summed E-state index contributed by atoms with van der Waals surface area (Å²) in [6.07, 6.45) is 0. The molecule has 0 bridgehead atoms. The van der Waals surface area contributed by atoms with Crippen LogP contribution in [-0.2, 0) is 6.54 Å². The third-order valence-corrected chi connectivity index (χ3v) is 4.88. The van der Waals surface area contributed by atoms with Gasteiger partial charge in [-0.3, -0.25) is 0 Å². The van der Waals surface area contributed by atoms with Gasteiger partial charge >= 0.3 is 0 Å². The van der Waals surface area contributed by atoms with E-state index < -0.39 is 0 Å². The van der Waals surface area contributed by atoms with Gasteiger partial charge in [0.25, 0.3) is 0 Å². The lowest BCUT2D eigenvalue weighted by atomic mass is 10.1. The zero-order valence-corrected chi connectivity index (χ0v) is 16.0. The number of para-hydroxylation sites is 1. The summed E-state index contributed by atoms with van der Waals surface area (Å²) in [5.74, 6) is 0. The lowest BCUT2D eigenvalue weighted by Crippen LogP contribution is -1.96. The molecule has 0 saturated carbocycles. The Labute approximate surface area is 160 Å². The van der Waals surface area contributed by atoms with Crippen molar-refractivity contribution in [2.24, 2.45) is 10.2 Å². The fraction of sp³-hybridized carbons (Fsp3) is 0.167. The van der Waals surface area contributed by atoms with Crippen LogP contribution < -0.4 is 0 Å². The highest BCUT2D eigenvalue weighted by atomic mass is 15.1. The Balaban J connectivity index is 1.93. The number of hydrogen-bond donors (Lipinski definition) is 0. The molecule has 0 unspecified atom stereocenters. The van der Waals surface area contributed by atoms with Gasteiger partial charge in [-0.2, -0.15) is 5.11 Å². The minimum absolute atomic E-state index is 0.865. The van der Waals surface area contributed by atoms with Crippen LogP contribution in [0.25, 0.3) is 22.2 Å². The molecule has 0 radical (unpaired) electrons. The summed E-state index contributed by atoms with van der Waals surface area (Å²) in [5.41, 5.74) is 7.73. The molecule has 4 aromatic rings. The lowest BCUT2D eigenvalue weighted by Gasteiger charge is -2.09. The summed E-state index contributed by atoms with van der Waals surface area (Å²) >= 11 is 0. The van der Waals surface area contributed by atoms with E-state index in [1.165, 1.54) is 16.6 Å². The Morgan fingerprint density at radius 1 is 0.741 bits per heavy atom. The number of hydrogen-bond acceptors (Lipinski definition) is 2. The highest BCUT2D eigenvalue weighted by Crippen LogP contribution is 2.41. The van der Waals surface area contributed by atoms with E-state index in [-0.39, 0.29) is 0 Å². The predicted octanol–water partition coefficient (Wildman–Crippen LogP) is 7.36. The molecule has 0 aliphatic carbocycles. The van der Waals surface area contributed by atoms with Gasteiger partial charge in [-0.15, -0.1) is 5.11 Å². The lowest BCUT2D eigenvalue weighted by molar-refractivity contribution is 0.805. The second-order valence-electron chi connectivity index (χ2n) is 6.86. The molecule has 0 aliphatic rings. The fourth-order valence-corrected chi connectivity index (χ4v) is 3.44. The van der Waals surface area contributed by atoms with Gasteiger partial charge in [0.15, 0.2) is 0 Å². The molecule has 0 atom stereocenters. The summed E-state index contributed by atoms with van der Waals surface area (Å²) in [4.78, 5) is 0. The SMILES string of the molecule is CCn1c(-c2ccc(C)cc2)c(N=Nc2ccc(C)cc2)c2ccccc21. The van der Waals surface area contributed by atoms with E-state index in [2.05, 4.69) is 91.1 Å². The first-order valence-electron chi connectivity index (χ1n) is 9.34. The third kappa shape index (κ3) is 3.28. The monoisotopic (exact) mass is 353 g/mol. The molecule has 1 heterocycles. The van der Waals surface area contributed by atoms with Crippen LogP contribution in [-0.4, -0.2) is 4.57 Å². The minimum Gasteiger partial charge on any atom is -0.339 e. The highest BCUT2D eigenvalue weighted by molar-refractivity contribution is 6.00. The van der Waals surface area contributed by atoms with E-state index in [1.807, 2.05) is 12.1 Å². The summed E-state index contributed by atoms with van der Waals surface area (Å²) in [6.45, 7) is 7.23. The zero-order chi connectivity index (χ0) is 18.8. The first-order valence-corrected chi connectivity index (χ1v) is 9.34. The summed E-state index contributed by atoms with van der Waals surface area (Å²) in [5, 5.41) is 10.4. The van der Waals surface area contributed by atoms with Crippen LogP contribution in [0.5, 0.6) is 0 Å². The normalized spacial score (nSPS) is 11.5. The number of azo groups is 1. The number of nitrogens with zero attached hydrogens (tertiary/aromatic N) is 3. The van der Waals surface area contributed by atoms with Crippen LogP contribution in [0.4, 0.5) is 11.4 Å². The summed E-state index contributed by atoms with van der Waals surface area (Å²) in [7, 11) is 0. The summed E-state index contributed by atoms with van der Waals surface area (Å²) < 4.78 is 2.32. The topological polar surface area (TPSA) is 29.6 Å². The molecular formula is C24H23N3. The van der Waals surface area contributed by atoms with Crippen molar-refractivity contribution in [3.8, 4) is 11.3 Å². The maximum Gasteiger partial charge on any atom is 0.119 e. The largest absolute Gasteiger partial charge is 0.339 e. The van der Waals surface area contributed by atoms with Crippen molar-refractivity contribution >= 4 is 22.3 Å². The zero-order valence-electron chi connectivity index (χ0n) is 16.0. The average molecular weight is 353 g/mol. The third-order valence-electron chi connectivity index (χ3n) is 4.88. The Morgan fingerprint density at radius 2 is 1.37 bits per heavy atom. The molecule has 3 aromatic carbocycles. The second-order valence-corrected chi connectivity index (χ2v) is 6.86. The van der Waals surface area contributed by atoms with E-state index in [9.17, 15) is 0 Å². The molecule has 0 saturated heterocycles. The molecule has 4 rings (SSSR count). The highest BCUT2D eigenvalue weighted by Gasteiger charge is 2.17. The van der Waals surface area contributed by atoms with Gasteiger partial charge in [0, 0.05) is 17.5 Å². The van der Waals surface area contributed by atoms with Crippen LogP contribution in [0.3, 0.4) is 0 Å². The standard InChI is InChI=1S/C24H23N3/c1-4-27-22-8-6-5-7-21(22)23(24(27)19-13-9-17(2)10-14-19)26-25-20-15-11-18(3)12-16-20/h5-16H,4H2,1-3H3. The molecule has 0 spiro atoms. The van der Waals surface area contributed by atoms with Crippen LogP contribution >= 0.6 is 0 Å². The van der Waals surface area contributed by atoms with Gasteiger partial charge < -0.3 is 4.57 Å².